The van der Waals surface area contributed by atoms with E-state index in [0.29, 0.717) is 19.0 Å². The van der Waals surface area contributed by atoms with Crippen molar-refractivity contribution in [1.29, 1.82) is 0 Å². The van der Waals surface area contributed by atoms with Gasteiger partial charge in [0.15, 0.2) is 5.96 Å². The molecule has 2 aromatic rings. The Morgan fingerprint density at radius 2 is 1.78 bits per heavy atom. The van der Waals surface area contributed by atoms with Crippen LogP contribution in [0.3, 0.4) is 0 Å². The Balaban J connectivity index is 0.00000364. The summed E-state index contributed by atoms with van der Waals surface area (Å²) in [6.07, 6.45) is 0. The fraction of sp³-hybridized carbons (Fsp3) is 0.350. The highest BCUT2D eigenvalue weighted by atomic mass is 127. The Morgan fingerprint density at radius 3 is 2.37 bits per heavy atom. The maximum atomic E-state index is 13.0. The molecule has 5 nitrogen and oxygen atoms in total. The van der Waals surface area contributed by atoms with Gasteiger partial charge in [-0.15, -0.1) is 24.0 Å². The minimum absolute atomic E-state index is 0. The van der Waals surface area contributed by atoms with Gasteiger partial charge in [0.2, 0.25) is 0 Å². The van der Waals surface area contributed by atoms with Gasteiger partial charge in [0.1, 0.15) is 11.6 Å². The van der Waals surface area contributed by atoms with Crippen molar-refractivity contribution in [2.75, 3.05) is 34.8 Å². The molecular weight excluding hydrogens is 458 g/mol. The quantitative estimate of drug-likeness (QED) is 0.358. The Labute approximate surface area is 178 Å². The van der Waals surface area contributed by atoms with Gasteiger partial charge in [-0.2, -0.15) is 0 Å². The fourth-order valence-corrected chi connectivity index (χ4v) is 2.71. The van der Waals surface area contributed by atoms with Crippen molar-refractivity contribution in [3.63, 3.8) is 0 Å². The van der Waals surface area contributed by atoms with Crippen LogP contribution in [0.5, 0.6) is 5.75 Å². The third-order valence-corrected chi connectivity index (χ3v) is 4.18. The van der Waals surface area contributed by atoms with E-state index in [1.54, 1.807) is 26.3 Å². The van der Waals surface area contributed by atoms with Gasteiger partial charge in [-0.3, -0.25) is 4.99 Å². The van der Waals surface area contributed by atoms with E-state index in [-0.39, 0.29) is 35.8 Å². The lowest BCUT2D eigenvalue weighted by Crippen LogP contribution is -2.41. The first-order valence-electron chi connectivity index (χ1n) is 8.53. The van der Waals surface area contributed by atoms with Gasteiger partial charge in [0.25, 0.3) is 0 Å². The lowest BCUT2D eigenvalue weighted by molar-refractivity contribution is 0.287. The molecule has 0 aliphatic carbocycles. The van der Waals surface area contributed by atoms with Crippen molar-refractivity contribution >= 4 is 29.9 Å². The Morgan fingerprint density at radius 1 is 1.11 bits per heavy atom. The van der Waals surface area contributed by atoms with Crippen molar-refractivity contribution in [1.82, 2.24) is 15.5 Å². The number of aliphatic imine (C=N–C) groups is 1. The van der Waals surface area contributed by atoms with E-state index in [1.165, 1.54) is 12.1 Å². The van der Waals surface area contributed by atoms with Crippen LogP contribution >= 0.6 is 24.0 Å². The molecule has 0 bridgehead atoms. The van der Waals surface area contributed by atoms with Crippen LogP contribution in [0.4, 0.5) is 4.39 Å². The zero-order valence-electron chi connectivity index (χ0n) is 16.2. The first kappa shape index (κ1) is 23.2. The summed E-state index contributed by atoms with van der Waals surface area (Å²) >= 11 is 0. The second kappa shape index (κ2) is 11.8. The second-order valence-corrected chi connectivity index (χ2v) is 6.15. The highest BCUT2D eigenvalue weighted by molar-refractivity contribution is 14.0. The van der Waals surface area contributed by atoms with Gasteiger partial charge >= 0.3 is 0 Å². The summed E-state index contributed by atoms with van der Waals surface area (Å²) in [6, 6.07) is 14.6. The van der Waals surface area contributed by atoms with Gasteiger partial charge < -0.3 is 20.3 Å². The van der Waals surface area contributed by atoms with E-state index in [0.717, 1.165) is 16.9 Å². The first-order valence-corrected chi connectivity index (χ1v) is 8.53. The maximum Gasteiger partial charge on any atom is 0.191 e. The monoisotopic (exact) mass is 486 g/mol. The van der Waals surface area contributed by atoms with Crippen LogP contribution in [0.25, 0.3) is 0 Å². The topological polar surface area (TPSA) is 48.9 Å². The molecule has 1 atom stereocenters. The summed E-state index contributed by atoms with van der Waals surface area (Å²) in [7, 11) is 7.48. The van der Waals surface area contributed by atoms with Crippen molar-refractivity contribution in [3.05, 3.63) is 65.5 Å². The summed E-state index contributed by atoms with van der Waals surface area (Å²) in [5.41, 5.74) is 2.10. The summed E-state index contributed by atoms with van der Waals surface area (Å²) in [6.45, 7) is 1.23. The number of para-hydroxylation sites is 1. The number of benzene rings is 2. The van der Waals surface area contributed by atoms with Crippen molar-refractivity contribution in [2.45, 2.75) is 12.6 Å². The van der Waals surface area contributed by atoms with Crippen LogP contribution in [-0.2, 0) is 6.54 Å². The molecule has 0 saturated heterocycles. The first-order chi connectivity index (χ1) is 12.5. The molecule has 0 aliphatic heterocycles. The highest BCUT2D eigenvalue weighted by Crippen LogP contribution is 2.27. The Hall–Kier alpha value is -1.87. The lowest BCUT2D eigenvalue weighted by Gasteiger charge is -2.27. The van der Waals surface area contributed by atoms with Gasteiger partial charge in [-0.05, 0) is 37.9 Å². The molecule has 0 radical (unpaired) electrons. The van der Waals surface area contributed by atoms with E-state index in [2.05, 4.69) is 26.6 Å². The average Bonchev–Trinajstić information content (AvgIpc) is 2.65. The number of likely N-dealkylation sites (N-methyl/N-ethyl adjacent to an activating group) is 1. The molecule has 2 rings (SSSR count). The second-order valence-electron chi connectivity index (χ2n) is 6.15. The molecule has 7 heteroatoms. The molecule has 2 aromatic carbocycles. The third kappa shape index (κ3) is 6.99. The van der Waals surface area contributed by atoms with Crippen LogP contribution in [0.15, 0.2) is 53.5 Å². The summed E-state index contributed by atoms with van der Waals surface area (Å²) < 4.78 is 18.5. The molecule has 2 N–H and O–H groups in total. The molecule has 0 heterocycles. The molecule has 0 saturated carbocycles. The number of nitrogens with one attached hydrogen (secondary N) is 2. The number of guanidine groups is 1. The van der Waals surface area contributed by atoms with Crippen LogP contribution in [0, 0.1) is 5.82 Å². The zero-order valence-corrected chi connectivity index (χ0v) is 18.5. The molecule has 0 fully saturated rings. The van der Waals surface area contributed by atoms with Gasteiger partial charge in [0.05, 0.1) is 13.2 Å². The van der Waals surface area contributed by atoms with Gasteiger partial charge in [-0.25, -0.2) is 4.39 Å². The maximum absolute atomic E-state index is 13.0. The van der Waals surface area contributed by atoms with E-state index in [4.69, 9.17) is 4.74 Å². The standard InChI is InChI=1S/C20H27FN4O.HI/c1-22-20(23-13-15-9-11-16(21)12-10-15)24-14-18(25(2)3)17-7-5-6-8-19(17)26-4;/h5-12,18H,13-14H2,1-4H3,(H2,22,23,24);1H. The molecule has 0 aliphatic rings. The van der Waals surface area contributed by atoms with E-state index in [9.17, 15) is 4.39 Å². The zero-order chi connectivity index (χ0) is 18.9. The Kier molecular flexibility index (Phi) is 10.1. The average molecular weight is 486 g/mol. The van der Waals surface area contributed by atoms with Crippen LogP contribution in [0.2, 0.25) is 0 Å². The summed E-state index contributed by atoms with van der Waals surface area (Å²) in [4.78, 5) is 6.40. The summed E-state index contributed by atoms with van der Waals surface area (Å²) in [5, 5.41) is 6.60. The predicted octanol–water partition coefficient (Wildman–Crippen LogP) is 3.42. The number of nitrogens with zero attached hydrogens (tertiary/aromatic N) is 2. The number of methoxy groups -OCH3 is 1. The number of ether oxygens (including phenoxy) is 1. The molecule has 1 unspecified atom stereocenters. The smallest absolute Gasteiger partial charge is 0.191 e. The molecular formula is C20H28FIN4O. The van der Waals surface area contributed by atoms with Crippen molar-refractivity contribution < 1.29 is 9.13 Å². The number of hydrogen-bond acceptors (Lipinski definition) is 3. The summed E-state index contributed by atoms with van der Waals surface area (Å²) in [5.74, 6) is 1.32. The third-order valence-electron chi connectivity index (χ3n) is 4.18. The molecule has 0 amide bonds. The van der Waals surface area contributed by atoms with Crippen molar-refractivity contribution in [2.24, 2.45) is 4.99 Å². The van der Waals surface area contributed by atoms with E-state index < -0.39 is 0 Å². The minimum atomic E-state index is -0.234. The number of rotatable bonds is 7. The van der Waals surface area contributed by atoms with E-state index in [1.807, 2.05) is 32.3 Å². The van der Waals surface area contributed by atoms with Gasteiger partial charge in [0, 0.05) is 25.7 Å². The number of halogens is 2. The minimum Gasteiger partial charge on any atom is -0.496 e. The number of hydrogen-bond donors (Lipinski definition) is 2. The molecule has 0 aromatic heterocycles. The Bertz CT molecular complexity index is 722. The van der Waals surface area contributed by atoms with Crippen LogP contribution < -0.4 is 15.4 Å². The van der Waals surface area contributed by atoms with E-state index >= 15 is 0 Å². The predicted molar refractivity (Wildman–Crippen MR) is 119 cm³/mol. The highest BCUT2D eigenvalue weighted by Gasteiger charge is 2.18. The van der Waals surface area contributed by atoms with Gasteiger partial charge in [-0.1, -0.05) is 30.3 Å². The SMILES string of the molecule is CN=C(NCc1ccc(F)cc1)NCC(c1ccccc1OC)N(C)C.I. The normalized spacial score (nSPS) is 12.3. The molecule has 148 valence electrons. The van der Waals surface area contributed by atoms with Crippen molar-refractivity contribution in [3.8, 4) is 5.75 Å². The lowest BCUT2D eigenvalue weighted by atomic mass is 10.0. The largest absolute Gasteiger partial charge is 0.496 e. The van der Waals surface area contributed by atoms with Crippen LogP contribution in [0.1, 0.15) is 17.2 Å². The van der Waals surface area contributed by atoms with Crippen LogP contribution in [-0.4, -0.2) is 45.7 Å². The molecule has 0 spiro atoms. The fourth-order valence-electron chi connectivity index (χ4n) is 2.71. The molecule has 27 heavy (non-hydrogen) atoms.